The SMILES string of the molecule is Cc1ccc(S(=O)(=O)N2CCC(C(=O)NC[C@@H](c3ccccc3)N3CCOCC3)CC2)cc1. The number of rotatable bonds is 7. The highest BCUT2D eigenvalue weighted by Crippen LogP contribution is 2.25. The third kappa shape index (κ3) is 5.81. The first-order chi connectivity index (χ1) is 15.9. The van der Waals surface area contributed by atoms with Crippen LogP contribution >= 0.6 is 0 Å². The van der Waals surface area contributed by atoms with Gasteiger partial charge in [-0.1, -0.05) is 48.0 Å². The second-order valence-electron chi connectivity index (χ2n) is 8.81. The van der Waals surface area contributed by atoms with Gasteiger partial charge in [-0.2, -0.15) is 4.31 Å². The summed E-state index contributed by atoms with van der Waals surface area (Å²) in [5.74, 6) is -0.160. The van der Waals surface area contributed by atoms with Gasteiger partial charge in [0, 0.05) is 38.6 Å². The van der Waals surface area contributed by atoms with E-state index in [1.807, 2.05) is 37.3 Å². The number of nitrogens with zero attached hydrogens (tertiary/aromatic N) is 2. The molecule has 33 heavy (non-hydrogen) atoms. The highest BCUT2D eigenvalue weighted by molar-refractivity contribution is 7.89. The lowest BCUT2D eigenvalue weighted by atomic mass is 9.97. The Hall–Kier alpha value is -2.26. The summed E-state index contributed by atoms with van der Waals surface area (Å²) in [7, 11) is -3.52. The van der Waals surface area contributed by atoms with Gasteiger partial charge in [-0.25, -0.2) is 8.42 Å². The number of hydrogen-bond donors (Lipinski definition) is 1. The van der Waals surface area contributed by atoms with E-state index in [1.54, 1.807) is 12.1 Å². The summed E-state index contributed by atoms with van der Waals surface area (Å²) in [4.78, 5) is 15.6. The van der Waals surface area contributed by atoms with E-state index in [4.69, 9.17) is 4.74 Å². The molecule has 0 bridgehead atoms. The topological polar surface area (TPSA) is 79.0 Å². The Kier molecular flexibility index (Phi) is 7.80. The fraction of sp³-hybridized carbons (Fsp3) is 0.480. The van der Waals surface area contributed by atoms with Crippen molar-refractivity contribution in [1.82, 2.24) is 14.5 Å². The molecule has 1 amide bonds. The minimum absolute atomic E-state index is 0.0107. The minimum Gasteiger partial charge on any atom is -0.379 e. The van der Waals surface area contributed by atoms with E-state index in [-0.39, 0.29) is 17.9 Å². The Labute approximate surface area is 196 Å². The second kappa shape index (κ2) is 10.8. The molecule has 2 aromatic carbocycles. The smallest absolute Gasteiger partial charge is 0.243 e. The molecule has 1 N–H and O–H groups in total. The first-order valence-electron chi connectivity index (χ1n) is 11.7. The molecular weight excluding hydrogens is 438 g/mol. The zero-order valence-electron chi connectivity index (χ0n) is 19.2. The Morgan fingerprint density at radius 1 is 1.00 bits per heavy atom. The molecule has 178 valence electrons. The zero-order valence-corrected chi connectivity index (χ0v) is 20.0. The number of morpholine rings is 1. The number of carbonyl (C=O) groups is 1. The maximum Gasteiger partial charge on any atom is 0.243 e. The molecular formula is C25H33N3O4S. The lowest BCUT2D eigenvalue weighted by molar-refractivity contribution is -0.126. The molecule has 2 aliphatic rings. The molecule has 4 rings (SSSR count). The zero-order chi connectivity index (χ0) is 23.3. The molecule has 0 unspecified atom stereocenters. The van der Waals surface area contributed by atoms with E-state index in [0.717, 1.165) is 18.7 Å². The van der Waals surface area contributed by atoms with Gasteiger partial charge < -0.3 is 10.1 Å². The van der Waals surface area contributed by atoms with Crippen LogP contribution in [0.3, 0.4) is 0 Å². The second-order valence-corrected chi connectivity index (χ2v) is 10.7. The number of piperidine rings is 1. The van der Waals surface area contributed by atoms with Crippen LogP contribution in [-0.4, -0.2) is 69.5 Å². The molecule has 7 nitrogen and oxygen atoms in total. The molecule has 2 heterocycles. The van der Waals surface area contributed by atoms with Crippen LogP contribution in [0.1, 0.15) is 30.0 Å². The number of aryl methyl sites for hydroxylation is 1. The van der Waals surface area contributed by atoms with Crippen LogP contribution in [0.4, 0.5) is 0 Å². The van der Waals surface area contributed by atoms with Crippen LogP contribution in [0.5, 0.6) is 0 Å². The maximum atomic E-state index is 13.0. The van der Waals surface area contributed by atoms with Gasteiger partial charge in [0.2, 0.25) is 15.9 Å². The quantitative estimate of drug-likeness (QED) is 0.672. The van der Waals surface area contributed by atoms with Crippen LogP contribution in [0, 0.1) is 12.8 Å². The predicted octanol–water partition coefficient (Wildman–Crippen LogP) is 2.59. The molecule has 2 fully saturated rings. The number of benzene rings is 2. The summed E-state index contributed by atoms with van der Waals surface area (Å²) < 4.78 is 32.9. The number of carbonyl (C=O) groups excluding carboxylic acids is 1. The van der Waals surface area contributed by atoms with Crippen molar-refractivity contribution in [3.8, 4) is 0 Å². The molecule has 2 aliphatic heterocycles. The first kappa shape index (κ1) is 23.9. The summed E-state index contributed by atoms with van der Waals surface area (Å²) in [5.41, 5.74) is 2.20. The molecule has 2 aromatic rings. The molecule has 0 aromatic heterocycles. The van der Waals surface area contributed by atoms with Gasteiger partial charge in [0.05, 0.1) is 24.2 Å². The average Bonchev–Trinajstić information content (AvgIpc) is 2.86. The Morgan fingerprint density at radius 3 is 2.27 bits per heavy atom. The first-order valence-corrected chi connectivity index (χ1v) is 13.1. The van der Waals surface area contributed by atoms with Crippen molar-refractivity contribution in [2.45, 2.75) is 30.7 Å². The molecule has 0 aliphatic carbocycles. The Balaban J connectivity index is 1.34. The van der Waals surface area contributed by atoms with Crippen molar-refractivity contribution >= 4 is 15.9 Å². The Bertz CT molecular complexity index is 1010. The van der Waals surface area contributed by atoms with Crippen LogP contribution < -0.4 is 5.32 Å². The van der Waals surface area contributed by atoms with Gasteiger partial charge >= 0.3 is 0 Å². The number of nitrogens with one attached hydrogen (secondary N) is 1. The number of hydrogen-bond acceptors (Lipinski definition) is 5. The van der Waals surface area contributed by atoms with Gasteiger partial charge in [-0.05, 0) is 37.5 Å². The average molecular weight is 472 g/mol. The van der Waals surface area contributed by atoms with Crippen LogP contribution in [0.15, 0.2) is 59.5 Å². The van der Waals surface area contributed by atoms with Crippen molar-refractivity contribution in [3.05, 3.63) is 65.7 Å². The van der Waals surface area contributed by atoms with Crippen molar-refractivity contribution < 1.29 is 17.9 Å². The highest BCUT2D eigenvalue weighted by atomic mass is 32.2. The third-order valence-corrected chi connectivity index (χ3v) is 8.54. The van der Waals surface area contributed by atoms with Crippen molar-refractivity contribution in [3.63, 3.8) is 0 Å². The van der Waals surface area contributed by atoms with E-state index in [9.17, 15) is 13.2 Å². The van der Waals surface area contributed by atoms with E-state index >= 15 is 0 Å². The van der Waals surface area contributed by atoms with Crippen LogP contribution in [-0.2, 0) is 19.6 Å². The summed E-state index contributed by atoms with van der Waals surface area (Å²) in [6, 6.07) is 17.3. The molecule has 0 saturated carbocycles. The summed E-state index contributed by atoms with van der Waals surface area (Å²) in [6.07, 6.45) is 1.06. The molecule has 2 saturated heterocycles. The fourth-order valence-electron chi connectivity index (χ4n) is 4.58. The number of amides is 1. The highest BCUT2D eigenvalue weighted by Gasteiger charge is 2.32. The molecule has 0 spiro atoms. The van der Waals surface area contributed by atoms with Gasteiger partial charge in [0.1, 0.15) is 0 Å². The standard InChI is InChI=1S/C25H33N3O4S/c1-20-7-9-23(10-8-20)33(30,31)28-13-11-22(12-14-28)25(29)26-19-24(21-5-3-2-4-6-21)27-15-17-32-18-16-27/h2-10,22,24H,11-19H2,1H3,(H,26,29)/t24-/m0/s1. The molecule has 0 radical (unpaired) electrons. The van der Waals surface area contributed by atoms with Crippen molar-refractivity contribution in [1.29, 1.82) is 0 Å². The summed E-state index contributed by atoms with van der Waals surface area (Å²) in [5, 5.41) is 3.15. The van der Waals surface area contributed by atoms with E-state index < -0.39 is 10.0 Å². The number of sulfonamides is 1. The maximum absolute atomic E-state index is 13.0. The summed E-state index contributed by atoms with van der Waals surface area (Å²) >= 11 is 0. The lowest BCUT2D eigenvalue weighted by Crippen LogP contribution is -2.46. The van der Waals surface area contributed by atoms with Gasteiger partial charge in [0.25, 0.3) is 0 Å². The largest absolute Gasteiger partial charge is 0.379 e. The molecule has 1 atom stereocenters. The van der Waals surface area contributed by atoms with E-state index in [0.29, 0.717) is 50.6 Å². The van der Waals surface area contributed by atoms with Gasteiger partial charge in [-0.3, -0.25) is 9.69 Å². The fourth-order valence-corrected chi connectivity index (χ4v) is 6.05. The summed E-state index contributed by atoms with van der Waals surface area (Å²) in [6.45, 7) is 6.26. The van der Waals surface area contributed by atoms with E-state index in [2.05, 4.69) is 22.3 Å². The van der Waals surface area contributed by atoms with Crippen LogP contribution in [0.2, 0.25) is 0 Å². The van der Waals surface area contributed by atoms with Gasteiger partial charge in [0.15, 0.2) is 0 Å². The van der Waals surface area contributed by atoms with Crippen molar-refractivity contribution in [2.75, 3.05) is 45.9 Å². The van der Waals surface area contributed by atoms with Crippen LogP contribution in [0.25, 0.3) is 0 Å². The predicted molar refractivity (Wildman–Crippen MR) is 127 cm³/mol. The van der Waals surface area contributed by atoms with E-state index in [1.165, 1.54) is 9.87 Å². The third-order valence-electron chi connectivity index (χ3n) is 6.62. The number of ether oxygens (including phenoxy) is 1. The monoisotopic (exact) mass is 471 g/mol. The lowest BCUT2D eigenvalue weighted by Gasteiger charge is -2.35. The van der Waals surface area contributed by atoms with Gasteiger partial charge in [-0.15, -0.1) is 0 Å². The minimum atomic E-state index is -3.52. The van der Waals surface area contributed by atoms with Crippen molar-refractivity contribution in [2.24, 2.45) is 5.92 Å². The normalized spacial score (nSPS) is 19.8. The Morgan fingerprint density at radius 2 is 1.64 bits per heavy atom. The molecule has 8 heteroatoms.